The second-order valence-corrected chi connectivity index (χ2v) is 6.73. The number of esters is 2. The minimum Gasteiger partial charge on any atom is -0.468 e. The van der Waals surface area contributed by atoms with Crippen LogP contribution in [0, 0.1) is 0 Å². The molecule has 0 radical (unpaired) electrons. The lowest BCUT2D eigenvalue weighted by Crippen LogP contribution is -2.27. The summed E-state index contributed by atoms with van der Waals surface area (Å²) < 4.78 is 31.4. The van der Waals surface area contributed by atoms with Gasteiger partial charge in [-0.15, -0.1) is 0 Å². The standard InChI is InChI=1S/C14H19O7P/c1-18-14(16)12(22(17,19-2)20-3)9-13(15)21-10-11-7-5-4-6-8-11/h4-8,12H,9-10H2,1-3H3. The third-order valence-corrected chi connectivity index (χ3v) is 5.14. The first-order valence-electron chi connectivity index (χ1n) is 6.45. The molecule has 122 valence electrons. The minimum absolute atomic E-state index is 0.0534. The van der Waals surface area contributed by atoms with Crippen molar-refractivity contribution in [3.8, 4) is 0 Å². The maximum Gasteiger partial charge on any atom is 0.344 e. The Kier molecular flexibility index (Phi) is 7.24. The molecular weight excluding hydrogens is 311 g/mol. The first-order chi connectivity index (χ1) is 10.5. The molecule has 0 aliphatic rings. The summed E-state index contributed by atoms with van der Waals surface area (Å²) in [6, 6.07) is 9.04. The summed E-state index contributed by atoms with van der Waals surface area (Å²) in [6.07, 6.45) is -0.460. The van der Waals surface area contributed by atoms with Crippen molar-refractivity contribution in [3.05, 3.63) is 35.9 Å². The molecule has 22 heavy (non-hydrogen) atoms. The number of rotatable bonds is 8. The smallest absolute Gasteiger partial charge is 0.344 e. The molecule has 0 aliphatic heterocycles. The summed E-state index contributed by atoms with van der Waals surface area (Å²) in [5, 5.41) is 0. The van der Waals surface area contributed by atoms with Crippen molar-refractivity contribution in [1.29, 1.82) is 0 Å². The molecule has 7 nitrogen and oxygen atoms in total. The van der Waals surface area contributed by atoms with Crippen LogP contribution in [0.2, 0.25) is 0 Å². The Morgan fingerprint density at radius 2 is 1.68 bits per heavy atom. The highest BCUT2D eigenvalue weighted by atomic mass is 31.2. The molecule has 1 rings (SSSR count). The molecule has 1 atom stereocenters. The molecule has 1 unspecified atom stereocenters. The Bertz CT molecular complexity index is 535. The van der Waals surface area contributed by atoms with Gasteiger partial charge in [0.1, 0.15) is 6.61 Å². The van der Waals surface area contributed by atoms with Crippen LogP contribution in [0.4, 0.5) is 0 Å². The molecule has 0 heterocycles. The zero-order valence-electron chi connectivity index (χ0n) is 12.7. The molecule has 0 aliphatic carbocycles. The van der Waals surface area contributed by atoms with Crippen LogP contribution in [0.25, 0.3) is 0 Å². The van der Waals surface area contributed by atoms with Crippen molar-refractivity contribution in [1.82, 2.24) is 0 Å². The summed E-state index contributed by atoms with van der Waals surface area (Å²) in [4.78, 5) is 23.6. The van der Waals surface area contributed by atoms with Gasteiger partial charge in [0.25, 0.3) is 0 Å². The monoisotopic (exact) mass is 330 g/mol. The third-order valence-electron chi connectivity index (χ3n) is 2.97. The minimum atomic E-state index is -3.79. The van der Waals surface area contributed by atoms with Crippen molar-refractivity contribution in [2.45, 2.75) is 18.7 Å². The van der Waals surface area contributed by atoms with Gasteiger partial charge in [0, 0.05) is 14.2 Å². The second kappa shape index (κ2) is 8.68. The van der Waals surface area contributed by atoms with Crippen molar-refractivity contribution in [2.75, 3.05) is 21.3 Å². The Hall–Kier alpha value is -1.69. The van der Waals surface area contributed by atoms with Crippen LogP contribution in [0.3, 0.4) is 0 Å². The van der Waals surface area contributed by atoms with Crippen molar-refractivity contribution in [3.63, 3.8) is 0 Å². The molecule has 1 aromatic rings. The Morgan fingerprint density at radius 3 is 2.18 bits per heavy atom. The van der Waals surface area contributed by atoms with Crippen LogP contribution in [0.15, 0.2) is 30.3 Å². The predicted octanol–water partition coefficient (Wildman–Crippen LogP) is 2.15. The number of carbonyl (C=O) groups is 2. The van der Waals surface area contributed by atoms with Crippen molar-refractivity contribution in [2.24, 2.45) is 0 Å². The SMILES string of the molecule is COC(=O)C(CC(=O)OCc1ccccc1)P(=O)(OC)OC. The Balaban J connectivity index is 2.71. The maximum absolute atomic E-state index is 12.3. The van der Waals surface area contributed by atoms with E-state index in [1.54, 1.807) is 12.1 Å². The zero-order valence-corrected chi connectivity index (χ0v) is 13.6. The van der Waals surface area contributed by atoms with Crippen LogP contribution in [-0.2, 0) is 39.3 Å². The number of carbonyl (C=O) groups excluding carboxylic acids is 2. The molecule has 0 aromatic heterocycles. The highest BCUT2D eigenvalue weighted by Gasteiger charge is 2.42. The maximum atomic E-state index is 12.3. The lowest BCUT2D eigenvalue weighted by molar-refractivity contribution is -0.149. The van der Waals surface area contributed by atoms with Crippen LogP contribution in [-0.4, -0.2) is 38.9 Å². The number of benzene rings is 1. The molecule has 0 amide bonds. The summed E-state index contributed by atoms with van der Waals surface area (Å²) >= 11 is 0. The van der Waals surface area contributed by atoms with Gasteiger partial charge in [-0.25, -0.2) is 0 Å². The van der Waals surface area contributed by atoms with Crippen LogP contribution in [0.5, 0.6) is 0 Å². The van der Waals surface area contributed by atoms with E-state index >= 15 is 0 Å². The summed E-state index contributed by atoms with van der Waals surface area (Å²) in [6.45, 7) is 0.0534. The molecule has 0 fully saturated rings. The first kappa shape index (κ1) is 18.4. The van der Waals surface area contributed by atoms with Gasteiger partial charge in [-0.3, -0.25) is 14.2 Å². The summed E-state index contributed by atoms with van der Waals surface area (Å²) in [7, 11) is -0.395. The second-order valence-electron chi connectivity index (χ2n) is 4.29. The zero-order chi connectivity index (χ0) is 16.6. The van der Waals surface area contributed by atoms with Gasteiger partial charge in [-0.2, -0.15) is 0 Å². The van der Waals surface area contributed by atoms with Crippen LogP contribution in [0.1, 0.15) is 12.0 Å². The molecule has 0 saturated carbocycles. The topological polar surface area (TPSA) is 88.1 Å². The van der Waals surface area contributed by atoms with E-state index in [4.69, 9.17) is 13.8 Å². The first-order valence-corrected chi connectivity index (χ1v) is 8.06. The Labute approximate surface area is 129 Å². The predicted molar refractivity (Wildman–Crippen MR) is 78.3 cm³/mol. The van der Waals surface area contributed by atoms with E-state index in [9.17, 15) is 14.2 Å². The van der Waals surface area contributed by atoms with E-state index in [0.29, 0.717) is 0 Å². The molecule has 1 aromatic carbocycles. The number of hydrogen-bond donors (Lipinski definition) is 0. The number of ether oxygens (including phenoxy) is 2. The molecular formula is C14H19O7P. The summed E-state index contributed by atoms with van der Waals surface area (Å²) in [5.74, 6) is -1.56. The largest absolute Gasteiger partial charge is 0.468 e. The van der Waals surface area contributed by atoms with Crippen LogP contribution < -0.4 is 0 Å². The lowest BCUT2D eigenvalue weighted by Gasteiger charge is -2.21. The van der Waals surface area contributed by atoms with Gasteiger partial charge in [0.2, 0.25) is 0 Å². The third kappa shape index (κ3) is 4.94. The fourth-order valence-corrected chi connectivity index (χ4v) is 3.14. The van der Waals surface area contributed by atoms with Gasteiger partial charge in [0.15, 0.2) is 5.66 Å². The molecule has 0 saturated heterocycles. The normalized spacial score (nSPS) is 12.5. The van der Waals surface area contributed by atoms with Gasteiger partial charge >= 0.3 is 19.5 Å². The molecule has 0 N–H and O–H groups in total. The van der Waals surface area contributed by atoms with Gasteiger partial charge in [-0.1, -0.05) is 30.3 Å². The molecule has 0 bridgehead atoms. The number of hydrogen-bond acceptors (Lipinski definition) is 7. The van der Waals surface area contributed by atoms with E-state index in [1.165, 1.54) is 0 Å². The molecule has 8 heteroatoms. The highest BCUT2D eigenvalue weighted by molar-refractivity contribution is 7.55. The van der Waals surface area contributed by atoms with E-state index in [1.807, 2.05) is 18.2 Å². The van der Waals surface area contributed by atoms with Crippen LogP contribution >= 0.6 is 7.60 Å². The van der Waals surface area contributed by atoms with E-state index in [-0.39, 0.29) is 6.61 Å². The van der Waals surface area contributed by atoms with E-state index in [2.05, 4.69) is 4.74 Å². The van der Waals surface area contributed by atoms with Gasteiger partial charge < -0.3 is 18.5 Å². The lowest BCUT2D eigenvalue weighted by atomic mass is 10.2. The van der Waals surface area contributed by atoms with Gasteiger partial charge in [-0.05, 0) is 5.56 Å². The van der Waals surface area contributed by atoms with Gasteiger partial charge in [0.05, 0.1) is 13.5 Å². The van der Waals surface area contributed by atoms with E-state index in [0.717, 1.165) is 26.9 Å². The number of methoxy groups -OCH3 is 1. The van der Waals surface area contributed by atoms with E-state index < -0.39 is 31.6 Å². The van der Waals surface area contributed by atoms with Crippen molar-refractivity contribution >= 4 is 19.5 Å². The Morgan fingerprint density at radius 1 is 1.09 bits per heavy atom. The molecule has 0 spiro atoms. The average Bonchev–Trinajstić information content (AvgIpc) is 2.57. The quantitative estimate of drug-likeness (QED) is 0.533. The highest BCUT2D eigenvalue weighted by Crippen LogP contribution is 2.53. The fraction of sp³-hybridized carbons (Fsp3) is 0.429. The summed E-state index contributed by atoms with van der Waals surface area (Å²) in [5.41, 5.74) is -0.567. The fourth-order valence-electron chi connectivity index (χ4n) is 1.74. The van der Waals surface area contributed by atoms with Crippen molar-refractivity contribution < 1.29 is 32.7 Å². The average molecular weight is 330 g/mol.